The Morgan fingerprint density at radius 2 is 1.68 bits per heavy atom. The van der Waals surface area contributed by atoms with E-state index in [-0.39, 0.29) is 13.1 Å². The van der Waals surface area contributed by atoms with Crippen molar-refractivity contribution in [1.29, 1.82) is 0 Å². The van der Waals surface area contributed by atoms with E-state index in [0.29, 0.717) is 10.8 Å². The molecular formula is C20H21ClF2N2O3. The monoisotopic (exact) mass is 410 g/mol. The van der Waals surface area contributed by atoms with Gasteiger partial charge in [0.25, 0.3) is 5.91 Å². The zero-order chi connectivity index (χ0) is 20.9. The summed E-state index contributed by atoms with van der Waals surface area (Å²) in [6.07, 6.45) is 0. The average Bonchev–Trinajstić information content (AvgIpc) is 2.64. The van der Waals surface area contributed by atoms with Crippen LogP contribution in [-0.4, -0.2) is 35.4 Å². The molecule has 8 heteroatoms. The number of nitrogens with one attached hydrogen (secondary N) is 1. The first-order valence-corrected chi connectivity index (χ1v) is 8.99. The normalized spacial score (nSPS) is 11.1. The predicted octanol–water partition coefficient (Wildman–Crippen LogP) is 4.26. The van der Waals surface area contributed by atoms with Crippen molar-refractivity contribution in [3.05, 3.63) is 59.1 Å². The van der Waals surface area contributed by atoms with Crippen molar-refractivity contribution in [3.8, 4) is 5.75 Å². The van der Waals surface area contributed by atoms with Crippen LogP contribution in [0.25, 0.3) is 0 Å². The lowest BCUT2D eigenvalue weighted by molar-refractivity contribution is -0.147. The van der Waals surface area contributed by atoms with Gasteiger partial charge in [0.2, 0.25) is 5.91 Å². The summed E-state index contributed by atoms with van der Waals surface area (Å²) >= 11 is 5.84. The number of rotatable bonds is 7. The van der Waals surface area contributed by atoms with Crippen molar-refractivity contribution in [2.24, 2.45) is 0 Å². The summed E-state index contributed by atoms with van der Waals surface area (Å²) in [5, 5.41) is 2.70. The van der Waals surface area contributed by atoms with Crippen LogP contribution in [-0.2, 0) is 9.59 Å². The summed E-state index contributed by atoms with van der Waals surface area (Å²) in [7, 11) is 0. The van der Waals surface area contributed by atoms with Crippen LogP contribution in [0, 0.1) is 11.6 Å². The summed E-state index contributed by atoms with van der Waals surface area (Å²) in [6, 6.07) is 9.77. The fourth-order valence-corrected chi connectivity index (χ4v) is 2.64. The average molecular weight is 411 g/mol. The van der Waals surface area contributed by atoms with Gasteiger partial charge in [0.15, 0.2) is 5.60 Å². The van der Waals surface area contributed by atoms with E-state index < -0.39 is 34.7 Å². The Bertz CT molecular complexity index is 837. The fraction of sp³-hybridized carbons (Fsp3) is 0.300. The van der Waals surface area contributed by atoms with Crippen molar-refractivity contribution < 1.29 is 23.1 Å². The van der Waals surface area contributed by atoms with Gasteiger partial charge in [-0.3, -0.25) is 9.59 Å². The molecule has 28 heavy (non-hydrogen) atoms. The summed E-state index contributed by atoms with van der Waals surface area (Å²) in [5.41, 5.74) is -1.82. The minimum absolute atomic E-state index is 0.208. The minimum Gasteiger partial charge on any atom is -0.478 e. The first-order valence-electron chi connectivity index (χ1n) is 8.62. The second-order valence-corrected chi connectivity index (χ2v) is 6.97. The number of benzene rings is 2. The molecule has 0 aliphatic rings. The molecule has 2 rings (SSSR count). The number of carbonyl (C=O) groups is 2. The van der Waals surface area contributed by atoms with Crippen LogP contribution in [0.5, 0.6) is 5.75 Å². The first kappa shape index (κ1) is 21.6. The van der Waals surface area contributed by atoms with Crippen LogP contribution in [0.2, 0.25) is 5.02 Å². The van der Waals surface area contributed by atoms with Gasteiger partial charge >= 0.3 is 0 Å². The van der Waals surface area contributed by atoms with E-state index in [9.17, 15) is 18.4 Å². The van der Waals surface area contributed by atoms with Crippen molar-refractivity contribution in [1.82, 2.24) is 4.90 Å². The Morgan fingerprint density at radius 3 is 2.21 bits per heavy atom. The van der Waals surface area contributed by atoms with E-state index in [2.05, 4.69) is 5.32 Å². The van der Waals surface area contributed by atoms with Crippen LogP contribution in [0.4, 0.5) is 14.5 Å². The highest BCUT2D eigenvalue weighted by Crippen LogP contribution is 2.23. The van der Waals surface area contributed by atoms with Crippen molar-refractivity contribution in [3.63, 3.8) is 0 Å². The first-order chi connectivity index (χ1) is 13.1. The number of amides is 2. The predicted molar refractivity (Wildman–Crippen MR) is 103 cm³/mol. The molecule has 1 N–H and O–H groups in total. The second-order valence-electron chi connectivity index (χ2n) is 6.53. The van der Waals surface area contributed by atoms with E-state index in [4.69, 9.17) is 16.3 Å². The molecule has 0 unspecified atom stereocenters. The summed E-state index contributed by atoms with van der Waals surface area (Å²) < 4.78 is 33.1. The highest BCUT2D eigenvalue weighted by atomic mass is 35.5. The third-order valence-electron chi connectivity index (χ3n) is 3.93. The van der Waals surface area contributed by atoms with Gasteiger partial charge < -0.3 is 15.0 Å². The lowest BCUT2D eigenvalue weighted by atomic mass is 10.1. The third-order valence-corrected chi connectivity index (χ3v) is 4.18. The van der Waals surface area contributed by atoms with Gasteiger partial charge in [-0.2, -0.15) is 0 Å². The molecule has 0 fully saturated rings. The number of likely N-dealkylation sites (N-methyl/N-ethyl adjacent to an activating group) is 1. The van der Waals surface area contributed by atoms with Crippen molar-refractivity contribution >= 4 is 29.1 Å². The largest absolute Gasteiger partial charge is 0.478 e. The Labute approximate surface area is 167 Å². The van der Waals surface area contributed by atoms with E-state index >= 15 is 0 Å². The lowest BCUT2D eigenvalue weighted by Crippen LogP contribution is -2.51. The molecule has 0 radical (unpaired) electrons. The molecule has 0 aliphatic heterocycles. The number of anilines is 1. The number of para-hydroxylation sites is 1. The molecule has 0 bridgehead atoms. The van der Waals surface area contributed by atoms with Gasteiger partial charge in [0.1, 0.15) is 23.1 Å². The highest BCUT2D eigenvalue weighted by Gasteiger charge is 2.34. The Hall–Kier alpha value is -2.67. The summed E-state index contributed by atoms with van der Waals surface area (Å²) in [6.45, 7) is 4.66. The van der Waals surface area contributed by atoms with Gasteiger partial charge in [0.05, 0.1) is 6.54 Å². The molecule has 150 valence electrons. The van der Waals surface area contributed by atoms with Crippen molar-refractivity contribution in [2.75, 3.05) is 18.4 Å². The van der Waals surface area contributed by atoms with Crippen LogP contribution in [0.3, 0.4) is 0 Å². The summed E-state index contributed by atoms with van der Waals surface area (Å²) in [5.74, 6) is -2.52. The Kier molecular flexibility index (Phi) is 6.96. The molecule has 0 aliphatic carbocycles. The number of ether oxygens (including phenoxy) is 1. The maximum Gasteiger partial charge on any atom is 0.266 e. The van der Waals surface area contributed by atoms with Gasteiger partial charge in [0, 0.05) is 11.6 Å². The maximum atomic E-state index is 13.7. The van der Waals surface area contributed by atoms with Crippen molar-refractivity contribution in [2.45, 2.75) is 26.4 Å². The molecule has 2 amide bonds. The van der Waals surface area contributed by atoms with E-state index in [0.717, 1.165) is 12.1 Å². The maximum absolute atomic E-state index is 13.7. The molecule has 0 heterocycles. The molecular weight excluding hydrogens is 390 g/mol. The van der Waals surface area contributed by atoms with E-state index in [1.807, 2.05) is 0 Å². The van der Waals surface area contributed by atoms with E-state index in [1.165, 1.54) is 11.0 Å². The molecule has 2 aromatic rings. The smallest absolute Gasteiger partial charge is 0.266 e. The minimum atomic E-state index is -1.27. The van der Waals surface area contributed by atoms with Gasteiger partial charge in [-0.15, -0.1) is 0 Å². The lowest BCUT2D eigenvalue weighted by Gasteiger charge is -2.31. The number of carbonyl (C=O) groups excluding carboxylic acids is 2. The molecule has 0 spiro atoms. The van der Waals surface area contributed by atoms with Crippen LogP contribution < -0.4 is 10.1 Å². The molecule has 0 saturated carbocycles. The number of hydrogen-bond donors (Lipinski definition) is 1. The highest BCUT2D eigenvalue weighted by molar-refractivity contribution is 6.30. The van der Waals surface area contributed by atoms with Crippen LogP contribution in [0.1, 0.15) is 20.8 Å². The zero-order valence-corrected chi connectivity index (χ0v) is 16.5. The fourth-order valence-electron chi connectivity index (χ4n) is 2.52. The number of halogens is 3. The number of nitrogens with zero attached hydrogens (tertiary/aromatic N) is 1. The topological polar surface area (TPSA) is 58.6 Å². The third kappa shape index (κ3) is 5.42. The summed E-state index contributed by atoms with van der Waals surface area (Å²) in [4.78, 5) is 26.3. The zero-order valence-electron chi connectivity index (χ0n) is 15.8. The number of hydrogen-bond acceptors (Lipinski definition) is 3. The van der Waals surface area contributed by atoms with Gasteiger partial charge in [-0.1, -0.05) is 17.7 Å². The molecule has 5 nitrogen and oxygen atoms in total. The molecule has 0 saturated heterocycles. The molecule has 0 aromatic heterocycles. The van der Waals surface area contributed by atoms with Crippen LogP contribution in [0.15, 0.2) is 42.5 Å². The SMILES string of the molecule is CCN(CC(=O)Nc1c(F)cccc1F)C(=O)C(C)(C)Oc1ccc(Cl)cc1. The molecule has 2 aromatic carbocycles. The van der Waals surface area contributed by atoms with Gasteiger partial charge in [-0.25, -0.2) is 8.78 Å². The molecule has 0 atom stereocenters. The quantitative estimate of drug-likeness (QED) is 0.741. The Balaban J connectivity index is 2.07. The standard InChI is InChI=1S/C20H21ClF2N2O3/c1-4-25(12-17(26)24-18-15(22)6-5-7-16(18)23)19(27)20(2,3)28-14-10-8-13(21)9-11-14/h5-11H,4,12H2,1-3H3,(H,24,26). The van der Waals surface area contributed by atoms with Gasteiger partial charge in [-0.05, 0) is 57.2 Å². The Morgan fingerprint density at radius 1 is 1.11 bits per heavy atom. The van der Waals surface area contributed by atoms with E-state index in [1.54, 1.807) is 45.0 Å². The second kappa shape index (κ2) is 9.01. The van der Waals surface area contributed by atoms with Crippen LogP contribution >= 0.6 is 11.6 Å².